The van der Waals surface area contributed by atoms with Crippen LogP contribution in [0.15, 0.2) is 18.2 Å². The molecule has 0 fully saturated rings. The topological polar surface area (TPSA) is 90.9 Å². The number of nitrogens with zero attached hydrogens (tertiary/aromatic N) is 1. The number of carbonyl (C=O) groups excluding carboxylic acids is 1. The van der Waals surface area contributed by atoms with Crippen LogP contribution in [0.3, 0.4) is 0 Å². The number of nitrogen functional groups attached to an aromatic ring is 1. The lowest BCUT2D eigenvalue weighted by atomic mass is 10.2. The van der Waals surface area contributed by atoms with E-state index in [1.807, 2.05) is 13.0 Å². The van der Waals surface area contributed by atoms with E-state index in [9.17, 15) is 4.79 Å². The molecule has 90 valence electrons. The Kier molecular flexibility index (Phi) is 4.82. The van der Waals surface area contributed by atoms with Crippen LogP contribution in [0, 0.1) is 11.3 Å². The smallest absolute Gasteiger partial charge is 0.221 e. The predicted molar refractivity (Wildman–Crippen MR) is 67.4 cm³/mol. The van der Waals surface area contributed by atoms with Crippen LogP contribution < -0.4 is 16.4 Å². The monoisotopic (exact) mass is 232 g/mol. The highest BCUT2D eigenvalue weighted by Gasteiger charge is 2.02. The largest absolute Gasteiger partial charge is 0.397 e. The second-order valence-electron chi connectivity index (χ2n) is 3.54. The minimum absolute atomic E-state index is 0.00668. The lowest BCUT2D eigenvalue weighted by molar-refractivity contribution is -0.120. The fourth-order valence-corrected chi connectivity index (χ4v) is 1.39. The van der Waals surface area contributed by atoms with E-state index in [2.05, 4.69) is 10.6 Å². The predicted octanol–water partition coefficient (Wildman–Crippen LogP) is 1.08. The van der Waals surface area contributed by atoms with Gasteiger partial charge in [0.05, 0.1) is 23.0 Å². The zero-order valence-electron chi connectivity index (χ0n) is 9.79. The van der Waals surface area contributed by atoms with E-state index in [1.54, 1.807) is 18.2 Å². The summed E-state index contributed by atoms with van der Waals surface area (Å²) in [7, 11) is 0. The summed E-state index contributed by atoms with van der Waals surface area (Å²) < 4.78 is 0. The van der Waals surface area contributed by atoms with Gasteiger partial charge in [-0.3, -0.25) is 4.79 Å². The molecule has 0 aliphatic heterocycles. The summed E-state index contributed by atoms with van der Waals surface area (Å²) in [5.74, 6) is 0.00668. The van der Waals surface area contributed by atoms with E-state index >= 15 is 0 Å². The van der Waals surface area contributed by atoms with Crippen molar-refractivity contribution in [3.05, 3.63) is 23.8 Å². The van der Waals surface area contributed by atoms with Crippen molar-refractivity contribution in [3.8, 4) is 6.07 Å². The normalized spacial score (nSPS) is 9.41. The molecule has 4 N–H and O–H groups in total. The van der Waals surface area contributed by atoms with E-state index in [0.29, 0.717) is 30.8 Å². The number of nitriles is 1. The summed E-state index contributed by atoms with van der Waals surface area (Å²) in [5.41, 5.74) is 7.54. The van der Waals surface area contributed by atoms with Crippen LogP contribution in [0.4, 0.5) is 11.4 Å². The van der Waals surface area contributed by atoms with Crippen LogP contribution in [-0.4, -0.2) is 19.0 Å². The lowest BCUT2D eigenvalue weighted by Crippen LogP contribution is -2.24. The van der Waals surface area contributed by atoms with Gasteiger partial charge in [-0.1, -0.05) is 0 Å². The number of nitrogens with one attached hydrogen (secondary N) is 2. The van der Waals surface area contributed by atoms with Crippen molar-refractivity contribution in [1.29, 1.82) is 5.26 Å². The lowest BCUT2D eigenvalue weighted by Gasteiger charge is -2.09. The van der Waals surface area contributed by atoms with Gasteiger partial charge in [-0.2, -0.15) is 5.26 Å². The SMILES string of the molecule is CCNC(=O)CCNc1ccc(C#N)cc1N. The van der Waals surface area contributed by atoms with Crippen LogP contribution in [0.1, 0.15) is 18.9 Å². The Hall–Kier alpha value is -2.22. The first-order valence-corrected chi connectivity index (χ1v) is 5.47. The number of hydrogen-bond donors (Lipinski definition) is 3. The van der Waals surface area contributed by atoms with E-state index in [4.69, 9.17) is 11.0 Å². The van der Waals surface area contributed by atoms with E-state index in [-0.39, 0.29) is 5.91 Å². The molecule has 5 heteroatoms. The Morgan fingerprint density at radius 2 is 2.29 bits per heavy atom. The maximum absolute atomic E-state index is 11.2. The van der Waals surface area contributed by atoms with E-state index in [0.717, 1.165) is 5.69 Å². The van der Waals surface area contributed by atoms with Gasteiger partial charge in [0.25, 0.3) is 0 Å². The van der Waals surface area contributed by atoms with Crippen molar-refractivity contribution in [2.75, 3.05) is 24.1 Å². The zero-order chi connectivity index (χ0) is 12.7. The fraction of sp³-hybridized carbons (Fsp3) is 0.333. The number of carbonyl (C=O) groups is 1. The Morgan fingerprint density at radius 3 is 2.88 bits per heavy atom. The van der Waals surface area contributed by atoms with E-state index < -0.39 is 0 Å². The van der Waals surface area contributed by atoms with Crippen molar-refractivity contribution in [1.82, 2.24) is 5.32 Å². The molecule has 1 amide bonds. The minimum atomic E-state index is 0.00668. The molecule has 0 saturated heterocycles. The van der Waals surface area contributed by atoms with Crippen molar-refractivity contribution in [2.24, 2.45) is 0 Å². The summed E-state index contributed by atoms with van der Waals surface area (Å²) in [4.78, 5) is 11.2. The first-order chi connectivity index (χ1) is 8.17. The third-order valence-corrected chi connectivity index (χ3v) is 2.22. The molecule has 1 aromatic rings. The van der Waals surface area contributed by atoms with Crippen LogP contribution in [0.5, 0.6) is 0 Å². The van der Waals surface area contributed by atoms with Gasteiger partial charge in [0.15, 0.2) is 0 Å². The van der Waals surface area contributed by atoms with Gasteiger partial charge in [0, 0.05) is 19.5 Å². The highest BCUT2D eigenvalue weighted by Crippen LogP contribution is 2.19. The number of hydrogen-bond acceptors (Lipinski definition) is 4. The summed E-state index contributed by atoms with van der Waals surface area (Å²) in [6.45, 7) is 3.03. The minimum Gasteiger partial charge on any atom is -0.397 e. The third kappa shape index (κ3) is 4.03. The molecule has 1 rings (SSSR count). The van der Waals surface area contributed by atoms with Crippen LogP contribution in [0.2, 0.25) is 0 Å². The quantitative estimate of drug-likeness (QED) is 0.662. The van der Waals surface area contributed by atoms with Gasteiger partial charge in [0.2, 0.25) is 5.91 Å². The Morgan fingerprint density at radius 1 is 1.53 bits per heavy atom. The number of nitrogens with two attached hydrogens (primary N) is 1. The Bertz CT molecular complexity index is 437. The van der Waals surface area contributed by atoms with Crippen LogP contribution in [-0.2, 0) is 4.79 Å². The molecule has 0 radical (unpaired) electrons. The summed E-state index contributed by atoms with van der Waals surface area (Å²) in [6, 6.07) is 7.05. The van der Waals surface area contributed by atoms with Gasteiger partial charge in [-0.05, 0) is 25.1 Å². The Labute approximate surface area is 101 Å². The second-order valence-corrected chi connectivity index (χ2v) is 3.54. The molecule has 0 atom stereocenters. The van der Waals surface area contributed by atoms with Crippen molar-refractivity contribution in [3.63, 3.8) is 0 Å². The molecular weight excluding hydrogens is 216 g/mol. The zero-order valence-corrected chi connectivity index (χ0v) is 9.79. The molecular formula is C12H16N4O. The number of anilines is 2. The van der Waals surface area contributed by atoms with Gasteiger partial charge >= 0.3 is 0 Å². The van der Waals surface area contributed by atoms with Crippen molar-refractivity contribution in [2.45, 2.75) is 13.3 Å². The number of rotatable bonds is 5. The van der Waals surface area contributed by atoms with Gasteiger partial charge < -0.3 is 16.4 Å². The molecule has 0 aromatic heterocycles. The summed E-state index contributed by atoms with van der Waals surface area (Å²) >= 11 is 0. The van der Waals surface area contributed by atoms with Gasteiger partial charge in [-0.25, -0.2) is 0 Å². The molecule has 0 unspecified atom stereocenters. The first-order valence-electron chi connectivity index (χ1n) is 5.47. The highest BCUT2D eigenvalue weighted by molar-refractivity contribution is 5.76. The maximum Gasteiger partial charge on any atom is 0.221 e. The molecule has 0 aliphatic rings. The van der Waals surface area contributed by atoms with E-state index in [1.165, 1.54) is 0 Å². The molecule has 0 bridgehead atoms. The van der Waals surface area contributed by atoms with Gasteiger partial charge in [-0.15, -0.1) is 0 Å². The first kappa shape index (κ1) is 12.8. The van der Waals surface area contributed by atoms with Gasteiger partial charge in [0.1, 0.15) is 0 Å². The second kappa shape index (κ2) is 6.38. The summed E-state index contributed by atoms with van der Waals surface area (Å²) in [5, 5.41) is 14.5. The molecule has 0 heterocycles. The standard InChI is InChI=1S/C12H16N4O/c1-2-15-12(17)5-6-16-11-4-3-9(8-13)7-10(11)14/h3-4,7,16H,2,5-6,14H2,1H3,(H,15,17). The number of benzene rings is 1. The van der Waals surface area contributed by atoms with Crippen LogP contribution in [0.25, 0.3) is 0 Å². The third-order valence-electron chi connectivity index (χ3n) is 2.22. The summed E-state index contributed by atoms with van der Waals surface area (Å²) in [6.07, 6.45) is 0.396. The van der Waals surface area contributed by atoms with Crippen molar-refractivity contribution < 1.29 is 4.79 Å². The Balaban J connectivity index is 2.47. The van der Waals surface area contributed by atoms with Crippen molar-refractivity contribution >= 4 is 17.3 Å². The molecule has 0 aliphatic carbocycles. The molecule has 0 spiro atoms. The molecule has 1 aromatic carbocycles. The highest BCUT2D eigenvalue weighted by atomic mass is 16.1. The number of amides is 1. The molecule has 17 heavy (non-hydrogen) atoms. The molecule has 0 saturated carbocycles. The maximum atomic E-state index is 11.2. The average molecular weight is 232 g/mol. The van der Waals surface area contributed by atoms with Crippen LogP contribution >= 0.6 is 0 Å². The fourth-order valence-electron chi connectivity index (χ4n) is 1.39. The average Bonchev–Trinajstić information content (AvgIpc) is 2.31. The molecule has 5 nitrogen and oxygen atoms in total.